The van der Waals surface area contributed by atoms with Crippen LogP contribution in [0.15, 0.2) is 29.3 Å². The van der Waals surface area contributed by atoms with Gasteiger partial charge in [0.2, 0.25) is 0 Å². The van der Waals surface area contributed by atoms with Crippen molar-refractivity contribution in [3.05, 3.63) is 46.0 Å². The van der Waals surface area contributed by atoms with Crippen LogP contribution in [0.25, 0.3) is 0 Å². The Hall–Kier alpha value is -1.46. The van der Waals surface area contributed by atoms with Gasteiger partial charge in [-0.3, -0.25) is 4.79 Å². The van der Waals surface area contributed by atoms with E-state index in [-0.39, 0.29) is 26.3 Å². The summed E-state index contributed by atoms with van der Waals surface area (Å²) in [4.78, 5) is 12.4. The minimum absolute atomic E-state index is 0.00605. The topological polar surface area (TPSA) is 69.1 Å². The van der Waals surface area contributed by atoms with Crippen LogP contribution in [-0.2, 0) is 18.4 Å². The molecule has 1 amide bonds. The fraction of sp³-hybridized carbons (Fsp3) is 0.312. The van der Waals surface area contributed by atoms with E-state index in [1.807, 2.05) is 4.72 Å². The molecule has 1 unspecified atom stereocenters. The third kappa shape index (κ3) is 4.93. The minimum atomic E-state index is -4.63. The Morgan fingerprint density at radius 2 is 1.71 bits per heavy atom. The van der Waals surface area contributed by atoms with Crippen molar-refractivity contribution in [2.24, 2.45) is 7.05 Å². The molecule has 5 nitrogen and oxygen atoms in total. The van der Waals surface area contributed by atoms with Crippen LogP contribution in [0, 0.1) is 5.82 Å². The van der Waals surface area contributed by atoms with Gasteiger partial charge in [-0.25, -0.2) is 4.39 Å². The van der Waals surface area contributed by atoms with Gasteiger partial charge in [0.15, 0.2) is 16.3 Å². The fourth-order valence-corrected chi connectivity index (χ4v) is 3.69. The minimum Gasteiger partial charge on any atom is -0.593 e. The number of hydrogen-bond acceptors (Lipinski definition) is 3. The number of benzene rings is 1. The van der Waals surface area contributed by atoms with E-state index in [1.165, 1.54) is 23.9 Å². The van der Waals surface area contributed by atoms with Crippen LogP contribution in [0.5, 0.6) is 0 Å². The van der Waals surface area contributed by atoms with Gasteiger partial charge in [0.1, 0.15) is 5.69 Å². The Labute approximate surface area is 171 Å². The highest BCUT2D eigenvalue weighted by Gasteiger charge is 2.50. The molecule has 0 fully saturated rings. The average Bonchev–Trinajstić information content (AvgIpc) is 2.93. The normalized spacial score (nSPS) is 13.5. The third-order valence-corrected chi connectivity index (χ3v) is 5.62. The van der Waals surface area contributed by atoms with Crippen LogP contribution in [-0.4, -0.2) is 26.7 Å². The lowest BCUT2D eigenvalue weighted by Crippen LogP contribution is -2.54. The summed E-state index contributed by atoms with van der Waals surface area (Å²) in [5.41, 5.74) is -2.29. The standard InChI is InChI=1S/C16H15Cl2F4N3O2S/c1-15(2,16(20,21)22)24-28(27)9-6-12(25(3)7-9)14(26)23-8-4-10(17)13(19)11(18)5-8/h4-7,24H,1-3H3,(H,23,26). The SMILES string of the molecule is Cn1cc([S+]([O-])NC(C)(C)C(F)(F)F)cc1C(=O)Nc1cc(Cl)c(F)c(Cl)c1. The van der Waals surface area contributed by atoms with Gasteiger partial charge in [-0.15, -0.1) is 4.72 Å². The summed E-state index contributed by atoms with van der Waals surface area (Å²) in [6.45, 7) is 1.70. The molecule has 2 rings (SSSR count). The van der Waals surface area contributed by atoms with Crippen molar-refractivity contribution < 1.29 is 26.9 Å². The molecule has 154 valence electrons. The maximum Gasteiger partial charge on any atom is 0.410 e. The lowest BCUT2D eigenvalue weighted by molar-refractivity contribution is -0.180. The molecule has 0 radical (unpaired) electrons. The number of aromatic nitrogens is 1. The maximum atomic E-state index is 13.4. The molecule has 1 heterocycles. The molecule has 12 heteroatoms. The Kier molecular flexibility index (Phi) is 6.61. The zero-order valence-electron chi connectivity index (χ0n) is 14.7. The number of carbonyl (C=O) groups excluding carboxylic acids is 1. The molecular formula is C16H15Cl2F4N3O2S. The molecule has 0 aliphatic rings. The van der Waals surface area contributed by atoms with Gasteiger partial charge < -0.3 is 14.4 Å². The average molecular weight is 460 g/mol. The maximum absolute atomic E-state index is 13.4. The highest BCUT2D eigenvalue weighted by Crippen LogP contribution is 2.31. The van der Waals surface area contributed by atoms with Gasteiger partial charge in [-0.1, -0.05) is 23.2 Å². The molecule has 0 saturated carbocycles. The van der Waals surface area contributed by atoms with Crippen molar-refractivity contribution in [2.75, 3.05) is 5.32 Å². The molecule has 1 aromatic heterocycles. The van der Waals surface area contributed by atoms with E-state index in [9.17, 15) is 26.9 Å². The highest BCUT2D eigenvalue weighted by molar-refractivity contribution is 7.89. The molecule has 1 atom stereocenters. The molecule has 0 spiro atoms. The largest absolute Gasteiger partial charge is 0.593 e. The van der Waals surface area contributed by atoms with E-state index >= 15 is 0 Å². The number of alkyl halides is 3. The number of hydrogen-bond donors (Lipinski definition) is 2. The van der Waals surface area contributed by atoms with Crippen molar-refractivity contribution in [1.82, 2.24) is 9.29 Å². The summed E-state index contributed by atoms with van der Waals surface area (Å²) in [5, 5.41) is 1.85. The molecular weight excluding hydrogens is 445 g/mol. The van der Waals surface area contributed by atoms with Crippen molar-refractivity contribution in [3.8, 4) is 0 Å². The van der Waals surface area contributed by atoms with Crippen molar-refractivity contribution in [2.45, 2.75) is 30.5 Å². The monoisotopic (exact) mass is 459 g/mol. The Bertz CT molecular complexity index is 879. The van der Waals surface area contributed by atoms with Crippen LogP contribution >= 0.6 is 23.2 Å². The number of aryl methyl sites for hydroxylation is 1. The van der Waals surface area contributed by atoms with Crippen LogP contribution in [0.2, 0.25) is 10.0 Å². The summed E-state index contributed by atoms with van der Waals surface area (Å²) < 4.78 is 67.8. The number of rotatable bonds is 5. The Morgan fingerprint density at radius 1 is 1.18 bits per heavy atom. The summed E-state index contributed by atoms with van der Waals surface area (Å²) in [6, 6.07) is 3.48. The van der Waals surface area contributed by atoms with Gasteiger partial charge >= 0.3 is 6.18 Å². The number of nitrogens with zero attached hydrogens (tertiary/aromatic N) is 1. The van der Waals surface area contributed by atoms with Gasteiger partial charge in [0.05, 0.1) is 27.6 Å². The lowest BCUT2D eigenvalue weighted by Gasteiger charge is -2.28. The fourth-order valence-electron chi connectivity index (χ4n) is 2.03. The van der Waals surface area contributed by atoms with Crippen molar-refractivity contribution in [1.29, 1.82) is 0 Å². The van der Waals surface area contributed by atoms with Gasteiger partial charge in [-0.05, 0) is 26.0 Å². The second-order valence-corrected chi connectivity index (χ2v) is 8.40. The zero-order chi connectivity index (χ0) is 21.4. The Balaban J connectivity index is 2.20. The predicted molar refractivity (Wildman–Crippen MR) is 99.5 cm³/mol. The Morgan fingerprint density at radius 3 is 2.21 bits per heavy atom. The molecule has 0 aliphatic heterocycles. The summed E-state index contributed by atoms with van der Waals surface area (Å²) in [5.74, 6) is -1.52. The van der Waals surface area contributed by atoms with Crippen molar-refractivity contribution in [3.63, 3.8) is 0 Å². The first kappa shape index (κ1) is 22.8. The van der Waals surface area contributed by atoms with E-state index in [0.717, 1.165) is 26.0 Å². The first-order chi connectivity index (χ1) is 12.7. The lowest BCUT2D eigenvalue weighted by atomic mass is 10.1. The van der Waals surface area contributed by atoms with Crippen LogP contribution in [0.1, 0.15) is 24.3 Å². The quantitative estimate of drug-likeness (QED) is 0.387. The number of anilines is 1. The van der Waals surface area contributed by atoms with Crippen LogP contribution in [0.4, 0.5) is 23.2 Å². The first-order valence-corrected chi connectivity index (χ1v) is 9.52. The number of halogens is 6. The van der Waals surface area contributed by atoms with Crippen LogP contribution < -0.4 is 10.0 Å². The smallest absolute Gasteiger partial charge is 0.410 e. The predicted octanol–water partition coefficient (Wildman–Crippen LogP) is 4.68. The molecule has 0 bridgehead atoms. The molecule has 2 aromatic rings. The summed E-state index contributed by atoms with van der Waals surface area (Å²) in [7, 11) is 1.45. The van der Waals surface area contributed by atoms with E-state index < -0.39 is 34.8 Å². The van der Waals surface area contributed by atoms with E-state index in [1.54, 1.807) is 0 Å². The van der Waals surface area contributed by atoms with Crippen LogP contribution in [0.3, 0.4) is 0 Å². The number of nitrogens with one attached hydrogen (secondary N) is 2. The molecule has 0 aliphatic carbocycles. The van der Waals surface area contributed by atoms with Gasteiger partial charge in [0.25, 0.3) is 5.91 Å². The first-order valence-electron chi connectivity index (χ1n) is 7.61. The highest BCUT2D eigenvalue weighted by atomic mass is 35.5. The van der Waals surface area contributed by atoms with Gasteiger partial charge in [0, 0.05) is 18.8 Å². The molecule has 0 saturated heterocycles. The number of amides is 1. The third-order valence-electron chi connectivity index (χ3n) is 3.72. The van der Waals surface area contributed by atoms with E-state index in [0.29, 0.717) is 0 Å². The molecule has 2 N–H and O–H groups in total. The van der Waals surface area contributed by atoms with Crippen molar-refractivity contribution >= 4 is 46.2 Å². The van der Waals surface area contributed by atoms with Gasteiger partial charge in [-0.2, -0.15) is 13.2 Å². The summed E-state index contributed by atoms with van der Waals surface area (Å²) >= 11 is 9.11. The molecule has 28 heavy (non-hydrogen) atoms. The number of carbonyl (C=O) groups is 1. The second-order valence-electron chi connectivity index (χ2n) is 6.37. The van der Waals surface area contributed by atoms with E-state index in [4.69, 9.17) is 23.2 Å². The summed E-state index contributed by atoms with van der Waals surface area (Å²) in [6.07, 6.45) is -3.37. The second kappa shape index (κ2) is 8.11. The molecule has 1 aromatic carbocycles. The van der Waals surface area contributed by atoms with E-state index in [2.05, 4.69) is 5.32 Å². The zero-order valence-corrected chi connectivity index (χ0v) is 17.1.